The molecule has 0 radical (unpaired) electrons. The van der Waals surface area contributed by atoms with Crippen LogP contribution in [0.4, 0.5) is 17.1 Å². The molecule has 15 rings (SSSR count). The Morgan fingerprint density at radius 3 is 1.10 bits per heavy atom. The molecule has 2 aliphatic carbocycles. The Labute approximate surface area is 400 Å². The van der Waals surface area contributed by atoms with Gasteiger partial charge in [-0.05, 0) is 133 Å². The highest BCUT2D eigenvalue weighted by atomic mass is 16.5. The van der Waals surface area contributed by atoms with Gasteiger partial charge < -0.3 is 14.4 Å². The largest absolute Gasteiger partial charge is 0.457 e. The van der Waals surface area contributed by atoms with Crippen LogP contribution in [0, 0.1) is 0 Å². The van der Waals surface area contributed by atoms with E-state index in [4.69, 9.17) is 9.47 Å². The van der Waals surface area contributed by atoms with Crippen LogP contribution in [0.1, 0.15) is 44.5 Å². The van der Waals surface area contributed by atoms with Gasteiger partial charge in [0.1, 0.15) is 23.0 Å². The highest BCUT2D eigenvalue weighted by Gasteiger charge is 2.53. The molecule has 11 aromatic rings. The van der Waals surface area contributed by atoms with Crippen molar-refractivity contribution in [3.05, 3.63) is 293 Å². The average molecular weight is 880 g/mol. The zero-order valence-electron chi connectivity index (χ0n) is 37.4. The first kappa shape index (κ1) is 38.2. The van der Waals surface area contributed by atoms with Crippen LogP contribution in [0.3, 0.4) is 0 Å². The van der Waals surface area contributed by atoms with Crippen molar-refractivity contribution in [2.75, 3.05) is 4.90 Å². The van der Waals surface area contributed by atoms with Crippen molar-refractivity contribution in [2.24, 2.45) is 0 Å². The minimum absolute atomic E-state index is 0.554. The molecular weight excluding hydrogens is 839 g/mol. The van der Waals surface area contributed by atoms with Gasteiger partial charge in [-0.2, -0.15) is 0 Å². The predicted molar refractivity (Wildman–Crippen MR) is 279 cm³/mol. The van der Waals surface area contributed by atoms with Crippen molar-refractivity contribution in [1.82, 2.24) is 0 Å². The number of hydrogen-bond donors (Lipinski definition) is 0. The molecule has 2 heterocycles. The molecule has 0 fully saturated rings. The molecular formula is C66H41NO2. The lowest BCUT2D eigenvalue weighted by Crippen LogP contribution is -2.32. The summed E-state index contributed by atoms with van der Waals surface area (Å²) in [5.41, 5.74) is 19.1. The summed E-state index contributed by atoms with van der Waals surface area (Å²) < 4.78 is 13.3. The zero-order chi connectivity index (χ0) is 45.3. The number of benzene rings is 11. The summed E-state index contributed by atoms with van der Waals surface area (Å²) >= 11 is 0. The van der Waals surface area contributed by atoms with E-state index in [0.717, 1.165) is 62.3 Å². The van der Waals surface area contributed by atoms with Crippen LogP contribution in [0.25, 0.3) is 44.2 Å². The third kappa shape index (κ3) is 5.16. The summed E-state index contributed by atoms with van der Waals surface area (Å²) in [6.07, 6.45) is 0. The number of hydrogen-bond acceptors (Lipinski definition) is 3. The Kier molecular flexibility index (Phi) is 7.92. The van der Waals surface area contributed by atoms with Crippen molar-refractivity contribution in [1.29, 1.82) is 0 Å². The lowest BCUT2D eigenvalue weighted by molar-refractivity contribution is 0.436. The quantitative estimate of drug-likeness (QED) is 0.176. The topological polar surface area (TPSA) is 21.7 Å². The molecule has 69 heavy (non-hydrogen) atoms. The fourth-order valence-electron chi connectivity index (χ4n) is 12.6. The number of ether oxygens (including phenoxy) is 2. The normalized spacial score (nSPS) is 14.3. The number of fused-ring (bicyclic) bond motifs is 19. The van der Waals surface area contributed by atoms with E-state index >= 15 is 0 Å². The third-order valence-corrected chi connectivity index (χ3v) is 15.4. The highest BCUT2D eigenvalue weighted by Crippen LogP contribution is 2.64. The van der Waals surface area contributed by atoms with Crippen molar-refractivity contribution in [3.8, 4) is 56.4 Å². The van der Waals surface area contributed by atoms with Gasteiger partial charge in [-0.1, -0.05) is 182 Å². The Hall–Kier alpha value is -8.92. The van der Waals surface area contributed by atoms with Crippen LogP contribution in [0.5, 0.6) is 23.0 Å². The monoisotopic (exact) mass is 879 g/mol. The maximum Gasteiger partial charge on any atom is 0.132 e. The van der Waals surface area contributed by atoms with Gasteiger partial charge in [-0.15, -0.1) is 0 Å². The molecule has 0 N–H and O–H groups in total. The van der Waals surface area contributed by atoms with Gasteiger partial charge in [-0.25, -0.2) is 0 Å². The summed E-state index contributed by atoms with van der Waals surface area (Å²) in [7, 11) is 0. The average Bonchev–Trinajstić information content (AvgIpc) is 3.86. The number of anilines is 3. The first-order chi connectivity index (χ1) is 34.2. The first-order valence-corrected chi connectivity index (χ1v) is 23.8. The summed E-state index contributed by atoms with van der Waals surface area (Å²) in [4.78, 5) is 2.46. The van der Waals surface area contributed by atoms with E-state index in [1.54, 1.807) is 0 Å². The van der Waals surface area contributed by atoms with Crippen LogP contribution >= 0.6 is 0 Å². The lowest BCUT2D eigenvalue weighted by atomic mass is 9.66. The fraction of sp³-hybridized carbons (Fsp3) is 0.0303. The van der Waals surface area contributed by atoms with Crippen LogP contribution in [0.2, 0.25) is 0 Å². The molecule has 0 amide bonds. The molecule has 2 spiro atoms. The van der Waals surface area contributed by atoms with Crippen molar-refractivity contribution in [2.45, 2.75) is 10.8 Å². The van der Waals surface area contributed by atoms with Gasteiger partial charge in [0.05, 0.1) is 10.8 Å². The van der Waals surface area contributed by atoms with Gasteiger partial charge >= 0.3 is 0 Å². The second-order valence-electron chi connectivity index (χ2n) is 18.7. The maximum atomic E-state index is 6.67. The Morgan fingerprint density at radius 1 is 0.246 bits per heavy atom. The molecule has 3 nitrogen and oxygen atoms in total. The molecule has 3 heteroatoms. The summed E-state index contributed by atoms with van der Waals surface area (Å²) in [6.45, 7) is 0. The van der Waals surface area contributed by atoms with Crippen molar-refractivity contribution >= 4 is 27.8 Å². The minimum Gasteiger partial charge on any atom is -0.457 e. The van der Waals surface area contributed by atoms with E-state index in [9.17, 15) is 0 Å². The van der Waals surface area contributed by atoms with E-state index in [1.165, 1.54) is 66.4 Å². The SMILES string of the molecule is c1ccc(-c2ccc3cc(N(c4ccc5c(c4)-c4ccccc4C54c5ccccc5Oc5ccccc54)c4ccc5c(c4)-c4ccccc4C54c5ccccc5Oc5ccccc54)ccc3c2)cc1. The number of rotatable bonds is 4. The molecule has 0 atom stereocenters. The standard InChI is InChI=1S/C66H41NO2/c1-2-16-42(17-3-1)43-30-31-45-39-46(33-32-44(45)38-43)67(47-34-36-55-51(40-47)49-18-4-6-20-53(49)65(55)57-22-8-12-26-61(57)68-62-27-13-9-23-58(62)65)48-35-37-56-52(41-48)50-19-5-7-21-54(50)66(56)59-24-10-14-28-63(59)69-64-29-15-11-25-60(64)66/h1-41H. The van der Waals surface area contributed by atoms with E-state index in [-0.39, 0.29) is 0 Å². The first-order valence-electron chi connectivity index (χ1n) is 23.8. The van der Waals surface area contributed by atoms with Crippen LogP contribution < -0.4 is 14.4 Å². The summed E-state index contributed by atoms with van der Waals surface area (Å²) in [6, 6.07) is 91.0. The molecule has 0 unspecified atom stereocenters. The molecule has 0 saturated heterocycles. The number of nitrogens with zero attached hydrogens (tertiary/aromatic N) is 1. The molecule has 322 valence electrons. The number of para-hydroxylation sites is 4. The van der Waals surface area contributed by atoms with Gasteiger partial charge in [0.15, 0.2) is 0 Å². The second kappa shape index (κ2) is 14.3. The van der Waals surface area contributed by atoms with E-state index < -0.39 is 10.8 Å². The van der Waals surface area contributed by atoms with Crippen LogP contribution in [0.15, 0.2) is 249 Å². The molecule has 4 aliphatic rings. The van der Waals surface area contributed by atoms with E-state index in [0.29, 0.717) is 0 Å². The smallest absolute Gasteiger partial charge is 0.132 e. The van der Waals surface area contributed by atoms with Crippen molar-refractivity contribution in [3.63, 3.8) is 0 Å². The Bertz CT molecular complexity index is 3660. The van der Waals surface area contributed by atoms with Crippen LogP contribution in [-0.4, -0.2) is 0 Å². The molecule has 2 aliphatic heterocycles. The third-order valence-electron chi connectivity index (χ3n) is 15.4. The molecule has 0 aromatic heterocycles. The molecule has 0 bridgehead atoms. The van der Waals surface area contributed by atoms with Gasteiger partial charge in [0.2, 0.25) is 0 Å². The van der Waals surface area contributed by atoms with Crippen molar-refractivity contribution < 1.29 is 9.47 Å². The summed E-state index contributed by atoms with van der Waals surface area (Å²) in [5.74, 6) is 3.56. The van der Waals surface area contributed by atoms with Gasteiger partial charge in [0.25, 0.3) is 0 Å². The maximum absolute atomic E-state index is 6.67. The highest BCUT2D eigenvalue weighted by molar-refractivity contribution is 5.97. The Balaban J connectivity index is 0.970. The Morgan fingerprint density at radius 2 is 0.609 bits per heavy atom. The fourth-order valence-corrected chi connectivity index (χ4v) is 12.6. The lowest BCUT2D eigenvalue weighted by Gasteiger charge is -2.39. The molecule has 0 saturated carbocycles. The zero-order valence-corrected chi connectivity index (χ0v) is 37.4. The molecule has 11 aromatic carbocycles. The van der Waals surface area contributed by atoms with Crippen LogP contribution in [-0.2, 0) is 10.8 Å². The summed E-state index contributed by atoms with van der Waals surface area (Å²) in [5, 5.41) is 2.38. The minimum atomic E-state index is -0.554. The second-order valence-corrected chi connectivity index (χ2v) is 18.7. The van der Waals surface area contributed by atoms with Gasteiger partial charge in [0, 0.05) is 39.3 Å². The van der Waals surface area contributed by atoms with Gasteiger partial charge in [-0.3, -0.25) is 0 Å². The van der Waals surface area contributed by atoms with E-state index in [2.05, 4.69) is 254 Å². The van der Waals surface area contributed by atoms with E-state index in [1.807, 2.05) is 0 Å². The predicted octanol–water partition coefficient (Wildman–Crippen LogP) is 16.9.